The van der Waals surface area contributed by atoms with E-state index in [1.165, 1.54) is 19.1 Å². The number of piperidine rings is 2. The largest absolute Gasteiger partial charge is 0.495 e. The summed E-state index contributed by atoms with van der Waals surface area (Å²) in [6.07, 6.45) is 3.74. The Morgan fingerprint density at radius 1 is 1.04 bits per heavy atom. The number of methoxy groups -OCH3 is 2. The van der Waals surface area contributed by atoms with Crippen molar-refractivity contribution in [3.63, 3.8) is 0 Å². The zero-order valence-electron chi connectivity index (χ0n) is 29.2. The number of carbonyl (C=O) groups excluding carboxylic acids is 4. The monoisotopic (exact) mass is 735 g/mol. The van der Waals surface area contributed by atoms with Crippen molar-refractivity contribution in [1.82, 2.24) is 20.0 Å². The predicted molar refractivity (Wildman–Crippen MR) is 195 cm³/mol. The van der Waals surface area contributed by atoms with Crippen molar-refractivity contribution < 1.29 is 28.7 Å². The standard InChI is InChI=1S/C38H43Cl2N5O6/c1-42-37(49)38(45-16-7-6-10-32(45)46)14-18-43(19-15-38)17-13-27(25-11-12-30(39)31(40)21-25)23-44(24-33(47)50-2)36(48)34-29-9-5-4-8-26(29)20-28(22-41)35(34)51-3/h4-5,8-9,11-12,20-21,27H,6-7,10,13-19,23-24H2,1-3H3,(H,42,49). The maximum absolute atomic E-state index is 14.6. The molecule has 0 aromatic heterocycles. The summed E-state index contributed by atoms with van der Waals surface area (Å²) in [7, 11) is 4.28. The lowest BCUT2D eigenvalue weighted by molar-refractivity contribution is -0.153. The maximum Gasteiger partial charge on any atom is 0.325 e. The van der Waals surface area contributed by atoms with Crippen LogP contribution >= 0.6 is 23.2 Å². The van der Waals surface area contributed by atoms with E-state index in [9.17, 15) is 24.4 Å². The number of hydrogen-bond acceptors (Lipinski definition) is 8. The molecule has 11 nitrogen and oxygen atoms in total. The van der Waals surface area contributed by atoms with Gasteiger partial charge < -0.3 is 29.5 Å². The van der Waals surface area contributed by atoms with Crippen LogP contribution in [0.25, 0.3) is 10.8 Å². The lowest BCUT2D eigenvalue weighted by Gasteiger charge is -2.48. The molecule has 2 aliphatic rings. The van der Waals surface area contributed by atoms with Crippen molar-refractivity contribution in [2.24, 2.45) is 0 Å². The van der Waals surface area contributed by atoms with Crippen LogP contribution in [-0.4, -0.2) is 104 Å². The second-order valence-corrected chi connectivity index (χ2v) is 13.9. The smallest absolute Gasteiger partial charge is 0.325 e. The van der Waals surface area contributed by atoms with E-state index in [1.54, 1.807) is 42.3 Å². The number of likely N-dealkylation sites (N-methyl/N-ethyl adjacent to an activating group) is 1. The number of likely N-dealkylation sites (tertiary alicyclic amines) is 2. The molecule has 2 heterocycles. The Hall–Kier alpha value is -4.37. The molecule has 13 heteroatoms. The van der Waals surface area contributed by atoms with Crippen LogP contribution in [0, 0.1) is 11.3 Å². The van der Waals surface area contributed by atoms with Crippen LogP contribution in [-0.2, 0) is 19.1 Å². The molecule has 0 aliphatic carbocycles. The molecule has 2 saturated heterocycles. The summed E-state index contributed by atoms with van der Waals surface area (Å²) in [5.41, 5.74) is 0.320. The average Bonchev–Trinajstić information content (AvgIpc) is 3.15. The van der Waals surface area contributed by atoms with E-state index < -0.39 is 17.4 Å². The molecule has 2 aliphatic heterocycles. The number of nitriles is 1. The fourth-order valence-corrected chi connectivity index (χ4v) is 7.73. The zero-order chi connectivity index (χ0) is 36.7. The first-order chi connectivity index (χ1) is 24.6. The molecule has 0 saturated carbocycles. The number of nitrogens with zero attached hydrogens (tertiary/aromatic N) is 4. The summed E-state index contributed by atoms with van der Waals surface area (Å²) in [5, 5.41) is 14.8. The second-order valence-electron chi connectivity index (χ2n) is 13.0. The number of rotatable bonds is 12. The van der Waals surface area contributed by atoms with E-state index >= 15 is 0 Å². The molecule has 1 atom stereocenters. The highest BCUT2D eigenvalue weighted by molar-refractivity contribution is 6.42. The van der Waals surface area contributed by atoms with Crippen molar-refractivity contribution in [2.45, 2.75) is 50.0 Å². The van der Waals surface area contributed by atoms with Gasteiger partial charge in [0.15, 0.2) is 0 Å². The first kappa shape index (κ1) is 37.9. The van der Waals surface area contributed by atoms with Gasteiger partial charge in [0.2, 0.25) is 11.8 Å². The molecular formula is C38H43Cl2N5O6. The van der Waals surface area contributed by atoms with Gasteiger partial charge in [0.05, 0.1) is 35.4 Å². The van der Waals surface area contributed by atoms with Gasteiger partial charge in [-0.15, -0.1) is 0 Å². The Morgan fingerprint density at radius 3 is 2.43 bits per heavy atom. The third-order valence-corrected chi connectivity index (χ3v) is 10.9. The molecule has 0 radical (unpaired) electrons. The van der Waals surface area contributed by atoms with E-state index in [1.807, 2.05) is 18.2 Å². The Kier molecular flexibility index (Phi) is 12.5. The summed E-state index contributed by atoms with van der Waals surface area (Å²) in [4.78, 5) is 59.1. The number of nitrogens with one attached hydrogen (secondary N) is 1. The van der Waals surface area contributed by atoms with Gasteiger partial charge in [-0.05, 0) is 73.2 Å². The summed E-state index contributed by atoms with van der Waals surface area (Å²) < 4.78 is 10.7. The molecule has 3 amide bonds. The minimum absolute atomic E-state index is 0.0260. The molecule has 2 fully saturated rings. The summed E-state index contributed by atoms with van der Waals surface area (Å²) in [6, 6.07) is 16.4. The molecule has 270 valence electrons. The molecule has 51 heavy (non-hydrogen) atoms. The molecule has 5 rings (SSSR count). The fraction of sp³-hybridized carbons (Fsp3) is 0.447. The van der Waals surface area contributed by atoms with Gasteiger partial charge in [-0.25, -0.2) is 0 Å². The first-order valence-electron chi connectivity index (χ1n) is 17.1. The van der Waals surface area contributed by atoms with E-state index in [2.05, 4.69) is 16.3 Å². The van der Waals surface area contributed by atoms with Gasteiger partial charge in [0.1, 0.15) is 23.9 Å². The summed E-state index contributed by atoms with van der Waals surface area (Å²) in [5.74, 6) is -1.38. The molecule has 0 spiro atoms. The number of carbonyl (C=O) groups is 4. The highest BCUT2D eigenvalue weighted by Gasteiger charge is 2.48. The minimum Gasteiger partial charge on any atom is -0.495 e. The lowest BCUT2D eigenvalue weighted by Crippen LogP contribution is -2.65. The number of esters is 1. The van der Waals surface area contributed by atoms with Crippen LogP contribution in [0.15, 0.2) is 48.5 Å². The number of benzene rings is 3. The fourth-order valence-electron chi connectivity index (χ4n) is 7.43. The van der Waals surface area contributed by atoms with Crippen LogP contribution in [0.2, 0.25) is 10.0 Å². The number of hydrogen-bond donors (Lipinski definition) is 1. The van der Waals surface area contributed by atoms with Gasteiger partial charge in [0.25, 0.3) is 5.91 Å². The number of fused-ring (bicyclic) bond motifs is 1. The summed E-state index contributed by atoms with van der Waals surface area (Å²) >= 11 is 12.8. The van der Waals surface area contributed by atoms with Gasteiger partial charge in [-0.3, -0.25) is 19.2 Å². The molecular weight excluding hydrogens is 693 g/mol. The highest BCUT2D eigenvalue weighted by Crippen LogP contribution is 2.36. The van der Waals surface area contributed by atoms with Crippen LogP contribution in [0.3, 0.4) is 0 Å². The Morgan fingerprint density at radius 2 is 1.78 bits per heavy atom. The molecule has 3 aromatic rings. The van der Waals surface area contributed by atoms with Gasteiger partial charge in [0, 0.05) is 45.6 Å². The van der Waals surface area contributed by atoms with E-state index in [0.29, 0.717) is 72.7 Å². The first-order valence-corrected chi connectivity index (χ1v) is 17.9. The number of ether oxygens (including phenoxy) is 2. The van der Waals surface area contributed by atoms with Gasteiger partial charge in [-0.2, -0.15) is 5.26 Å². The van der Waals surface area contributed by atoms with Gasteiger partial charge >= 0.3 is 5.97 Å². The molecule has 1 N–H and O–H groups in total. The lowest BCUT2D eigenvalue weighted by atomic mass is 9.82. The molecule has 1 unspecified atom stereocenters. The topological polar surface area (TPSA) is 132 Å². The Balaban J connectivity index is 1.44. The normalized spacial score (nSPS) is 16.6. The Bertz CT molecular complexity index is 1840. The van der Waals surface area contributed by atoms with Crippen molar-refractivity contribution in [3.8, 4) is 11.8 Å². The Labute approximate surface area is 308 Å². The van der Waals surface area contributed by atoms with Gasteiger partial charge in [-0.1, -0.05) is 53.5 Å². The van der Waals surface area contributed by atoms with E-state index in [-0.39, 0.29) is 47.7 Å². The van der Waals surface area contributed by atoms with E-state index in [0.717, 1.165) is 18.4 Å². The van der Waals surface area contributed by atoms with Crippen LogP contribution in [0.4, 0.5) is 0 Å². The SMILES string of the molecule is CNC(=O)C1(N2CCCCC2=O)CCN(CCC(CN(CC(=O)OC)C(=O)c2c(OC)c(C#N)cc3ccccc23)c2ccc(Cl)c(Cl)c2)CC1. The second kappa shape index (κ2) is 16.8. The average molecular weight is 737 g/mol. The van der Waals surface area contributed by atoms with Crippen LogP contribution < -0.4 is 10.1 Å². The highest BCUT2D eigenvalue weighted by atomic mass is 35.5. The number of amides is 3. The van der Waals surface area contributed by atoms with Crippen LogP contribution in [0.1, 0.15) is 65.9 Å². The van der Waals surface area contributed by atoms with Crippen molar-refractivity contribution in [1.29, 1.82) is 5.26 Å². The van der Waals surface area contributed by atoms with E-state index in [4.69, 9.17) is 32.7 Å². The molecule has 0 bridgehead atoms. The zero-order valence-corrected chi connectivity index (χ0v) is 30.7. The predicted octanol–water partition coefficient (Wildman–Crippen LogP) is 5.41. The third kappa shape index (κ3) is 8.09. The van der Waals surface area contributed by atoms with Crippen molar-refractivity contribution in [2.75, 3.05) is 60.5 Å². The van der Waals surface area contributed by atoms with Crippen molar-refractivity contribution in [3.05, 3.63) is 75.3 Å². The third-order valence-electron chi connectivity index (χ3n) is 10.2. The summed E-state index contributed by atoms with van der Waals surface area (Å²) in [6.45, 7) is 2.15. The van der Waals surface area contributed by atoms with Crippen LogP contribution in [0.5, 0.6) is 5.75 Å². The quantitative estimate of drug-likeness (QED) is 0.245. The molecule has 3 aromatic carbocycles. The number of halogens is 2. The minimum atomic E-state index is -0.880. The maximum atomic E-state index is 14.6. The van der Waals surface area contributed by atoms with Crippen molar-refractivity contribution >= 4 is 57.7 Å².